The van der Waals surface area contributed by atoms with Gasteiger partial charge in [-0.1, -0.05) is 36.9 Å². The number of ether oxygens (including phenoxy) is 1. The standard InChI is InChI=1S/C24H23FN4O2S/c1-3-21(23(30)27-18-5-4-6-19(13-18)31-2)29-22-14-26-12-11-20(22)28-24(29)32-15-16-7-9-17(25)10-8-16/h4-14,21H,3,15H2,1-2H3,(H,27,30)/t21-/m1/s1. The maximum Gasteiger partial charge on any atom is 0.247 e. The van der Waals surface area contributed by atoms with Crippen LogP contribution in [0.3, 0.4) is 0 Å². The summed E-state index contributed by atoms with van der Waals surface area (Å²) in [5, 5.41) is 3.70. The number of benzene rings is 2. The van der Waals surface area contributed by atoms with Crippen LogP contribution in [0.4, 0.5) is 10.1 Å². The van der Waals surface area contributed by atoms with E-state index in [1.807, 2.05) is 35.8 Å². The van der Waals surface area contributed by atoms with Crippen molar-refractivity contribution in [3.05, 3.63) is 78.4 Å². The summed E-state index contributed by atoms with van der Waals surface area (Å²) < 4.78 is 20.4. The molecule has 0 bridgehead atoms. The Kier molecular flexibility index (Phi) is 6.70. The molecule has 1 N–H and O–H groups in total. The molecular formula is C24H23FN4O2S. The molecule has 2 aromatic heterocycles. The summed E-state index contributed by atoms with van der Waals surface area (Å²) >= 11 is 1.51. The molecule has 0 radical (unpaired) electrons. The van der Waals surface area contributed by atoms with Crippen molar-refractivity contribution in [3.8, 4) is 5.75 Å². The van der Waals surface area contributed by atoms with Crippen molar-refractivity contribution in [2.24, 2.45) is 0 Å². The van der Waals surface area contributed by atoms with Gasteiger partial charge in [-0.25, -0.2) is 9.37 Å². The largest absolute Gasteiger partial charge is 0.497 e. The van der Waals surface area contributed by atoms with Crippen LogP contribution in [0.15, 0.2) is 72.1 Å². The number of carbonyl (C=O) groups excluding carboxylic acids is 1. The quantitative estimate of drug-likeness (QED) is 0.361. The third-order valence-electron chi connectivity index (χ3n) is 5.08. The fourth-order valence-electron chi connectivity index (χ4n) is 3.46. The number of nitrogens with one attached hydrogen (secondary N) is 1. The van der Waals surface area contributed by atoms with Crippen LogP contribution in [0, 0.1) is 5.82 Å². The number of thioether (sulfide) groups is 1. The Bertz CT molecular complexity index is 1230. The number of hydrogen-bond acceptors (Lipinski definition) is 5. The number of amides is 1. The lowest BCUT2D eigenvalue weighted by Gasteiger charge is -2.20. The topological polar surface area (TPSA) is 69.0 Å². The molecule has 2 heterocycles. The van der Waals surface area contributed by atoms with E-state index in [2.05, 4.69) is 10.3 Å². The molecule has 4 aromatic rings. The van der Waals surface area contributed by atoms with Crippen LogP contribution >= 0.6 is 11.8 Å². The van der Waals surface area contributed by atoms with Crippen LogP contribution in [0.25, 0.3) is 11.0 Å². The second-order valence-electron chi connectivity index (χ2n) is 7.19. The van der Waals surface area contributed by atoms with Gasteiger partial charge in [-0.3, -0.25) is 9.78 Å². The second-order valence-corrected chi connectivity index (χ2v) is 8.13. The zero-order valence-corrected chi connectivity index (χ0v) is 18.6. The van der Waals surface area contributed by atoms with E-state index in [1.54, 1.807) is 37.7 Å². The molecule has 0 aliphatic carbocycles. The second kappa shape index (κ2) is 9.82. The van der Waals surface area contributed by atoms with Gasteiger partial charge in [0.15, 0.2) is 5.16 Å². The van der Waals surface area contributed by atoms with E-state index in [9.17, 15) is 9.18 Å². The van der Waals surface area contributed by atoms with Gasteiger partial charge >= 0.3 is 0 Å². The number of methoxy groups -OCH3 is 1. The molecule has 2 aromatic carbocycles. The summed E-state index contributed by atoms with van der Waals surface area (Å²) in [6.45, 7) is 1.96. The van der Waals surface area contributed by atoms with Gasteiger partial charge in [-0.05, 0) is 42.3 Å². The zero-order valence-electron chi connectivity index (χ0n) is 17.8. The lowest BCUT2D eigenvalue weighted by molar-refractivity contribution is -0.119. The van der Waals surface area contributed by atoms with Gasteiger partial charge in [0, 0.05) is 23.7 Å². The summed E-state index contributed by atoms with van der Waals surface area (Å²) in [4.78, 5) is 22.3. The first kappa shape index (κ1) is 21.8. The fourth-order valence-corrected chi connectivity index (χ4v) is 4.48. The van der Waals surface area contributed by atoms with Crippen molar-refractivity contribution in [1.29, 1.82) is 0 Å². The van der Waals surface area contributed by atoms with Crippen LogP contribution < -0.4 is 10.1 Å². The van der Waals surface area contributed by atoms with E-state index < -0.39 is 6.04 Å². The molecule has 6 nitrogen and oxygen atoms in total. The number of anilines is 1. The van der Waals surface area contributed by atoms with Crippen LogP contribution in [-0.2, 0) is 10.5 Å². The molecule has 0 aliphatic heterocycles. The number of carbonyl (C=O) groups is 1. The minimum atomic E-state index is -0.480. The number of hydrogen-bond donors (Lipinski definition) is 1. The fraction of sp³-hybridized carbons (Fsp3) is 0.208. The van der Waals surface area contributed by atoms with E-state index >= 15 is 0 Å². The maximum absolute atomic E-state index is 13.3. The van der Waals surface area contributed by atoms with E-state index in [-0.39, 0.29) is 11.7 Å². The first-order chi connectivity index (χ1) is 15.6. The molecule has 8 heteroatoms. The van der Waals surface area contributed by atoms with Crippen molar-refractivity contribution in [2.45, 2.75) is 30.3 Å². The molecule has 0 saturated heterocycles. The highest BCUT2D eigenvalue weighted by molar-refractivity contribution is 7.98. The Morgan fingerprint density at radius 3 is 2.78 bits per heavy atom. The molecule has 164 valence electrons. The van der Waals surface area contributed by atoms with E-state index in [0.717, 1.165) is 16.6 Å². The Morgan fingerprint density at radius 1 is 1.22 bits per heavy atom. The van der Waals surface area contributed by atoms with Gasteiger partial charge in [-0.2, -0.15) is 0 Å². The van der Waals surface area contributed by atoms with Gasteiger partial charge in [-0.15, -0.1) is 0 Å². The van der Waals surface area contributed by atoms with Crippen molar-refractivity contribution in [2.75, 3.05) is 12.4 Å². The number of pyridine rings is 1. The highest BCUT2D eigenvalue weighted by atomic mass is 32.2. The minimum absolute atomic E-state index is 0.146. The van der Waals surface area contributed by atoms with Crippen molar-refractivity contribution in [3.63, 3.8) is 0 Å². The molecule has 4 rings (SSSR count). The van der Waals surface area contributed by atoms with Gasteiger partial charge in [0.2, 0.25) is 5.91 Å². The molecule has 0 aliphatic rings. The minimum Gasteiger partial charge on any atom is -0.497 e. The van der Waals surface area contributed by atoms with Crippen molar-refractivity contribution in [1.82, 2.24) is 14.5 Å². The van der Waals surface area contributed by atoms with Crippen LogP contribution in [0.1, 0.15) is 24.9 Å². The van der Waals surface area contributed by atoms with Crippen LogP contribution in [-0.4, -0.2) is 27.6 Å². The van der Waals surface area contributed by atoms with Crippen LogP contribution in [0.5, 0.6) is 5.75 Å². The number of halogens is 1. The zero-order chi connectivity index (χ0) is 22.5. The Labute approximate surface area is 189 Å². The Morgan fingerprint density at radius 2 is 2.03 bits per heavy atom. The highest BCUT2D eigenvalue weighted by Crippen LogP contribution is 2.31. The predicted octanol–water partition coefficient (Wildman–Crippen LogP) is 5.46. The van der Waals surface area contributed by atoms with Gasteiger partial charge < -0.3 is 14.6 Å². The van der Waals surface area contributed by atoms with E-state index in [4.69, 9.17) is 9.72 Å². The Hall–Kier alpha value is -3.39. The summed E-state index contributed by atoms with van der Waals surface area (Å²) in [6, 6.07) is 15.0. The smallest absolute Gasteiger partial charge is 0.247 e. The summed E-state index contributed by atoms with van der Waals surface area (Å²) in [6.07, 6.45) is 3.98. The first-order valence-corrected chi connectivity index (χ1v) is 11.2. The molecule has 1 amide bonds. The molecule has 0 spiro atoms. The number of rotatable bonds is 8. The average molecular weight is 451 g/mol. The van der Waals surface area contributed by atoms with E-state index in [1.165, 1.54) is 23.9 Å². The number of imidazole rings is 1. The molecule has 0 saturated carbocycles. The summed E-state index contributed by atoms with van der Waals surface area (Å²) in [7, 11) is 1.59. The molecule has 1 atom stereocenters. The predicted molar refractivity (Wildman–Crippen MR) is 124 cm³/mol. The number of aromatic nitrogens is 3. The number of nitrogens with zero attached hydrogens (tertiary/aromatic N) is 3. The molecule has 0 unspecified atom stereocenters. The van der Waals surface area contributed by atoms with Gasteiger partial charge in [0.25, 0.3) is 0 Å². The Balaban J connectivity index is 1.64. The molecule has 0 fully saturated rings. The average Bonchev–Trinajstić information content (AvgIpc) is 3.17. The van der Waals surface area contributed by atoms with Crippen molar-refractivity contribution < 1.29 is 13.9 Å². The number of fused-ring (bicyclic) bond motifs is 1. The maximum atomic E-state index is 13.3. The normalized spacial score (nSPS) is 12.0. The monoisotopic (exact) mass is 450 g/mol. The lowest BCUT2D eigenvalue weighted by atomic mass is 10.2. The highest BCUT2D eigenvalue weighted by Gasteiger charge is 2.25. The molecule has 32 heavy (non-hydrogen) atoms. The van der Waals surface area contributed by atoms with Crippen LogP contribution in [0.2, 0.25) is 0 Å². The van der Waals surface area contributed by atoms with Gasteiger partial charge in [0.05, 0.1) is 24.3 Å². The lowest BCUT2D eigenvalue weighted by Crippen LogP contribution is -2.26. The first-order valence-electron chi connectivity index (χ1n) is 10.2. The van der Waals surface area contributed by atoms with Gasteiger partial charge in [0.1, 0.15) is 17.6 Å². The molecular weight excluding hydrogens is 427 g/mol. The third-order valence-corrected chi connectivity index (χ3v) is 6.10. The van der Waals surface area contributed by atoms with Crippen molar-refractivity contribution >= 4 is 34.4 Å². The SMILES string of the molecule is CC[C@H](C(=O)Nc1cccc(OC)c1)n1c(SCc2ccc(F)cc2)nc2ccncc21. The summed E-state index contributed by atoms with van der Waals surface area (Å²) in [5.41, 5.74) is 3.20. The summed E-state index contributed by atoms with van der Waals surface area (Å²) in [5.74, 6) is 0.860. The third kappa shape index (κ3) is 4.75. The van der Waals surface area contributed by atoms with E-state index in [0.29, 0.717) is 28.8 Å².